The topological polar surface area (TPSA) is 27.0 Å². The SMILES string of the molecule is CCN(C)C1CC(C(C)(C)CC)CCC1C#N. The molecule has 0 aromatic carbocycles. The van der Waals surface area contributed by atoms with Crippen LogP contribution in [0.1, 0.15) is 53.4 Å². The summed E-state index contributed by atoms with van der Waals surface area (Å²) in [4.78, 5) is 2.37. The summed E-state index contributed by atoms with van der Waals surface area (Å²) in [6.07, 6.45) is 4.74. The molecule has 1 rings (SSSR count). The van der Waals surface area contributed by atoms with Crippen molar-refractivity contribution in [2.75, 3.05) is 13.6 Å². The molecule has 0 radical (unpaired) electrons. The molecule has 0 N–H and O–H groups in total. The van der Waals surface area contributed by atoms with Crippen molar-refractivity contribution in [1.29, 1.82) is 5.26 Å². The third kappa shape index (κ3) is 3.22. The van der Waals surface area contributed by atoms with Gasteiger partial charge in [-0.05, 0) is 44.2 Å². The Labute approximate surface area is 107 Å². The number of nitriles is 1. The van der Waals surface area contributed by atoms with Gasteiger partial charge in [0, 0.05) is 6.04 Å². The summed E-state index contributed by atoms with van der Waals surface area (Å²) in [5, 5.41) is 9.28. The minimum Gasteiger partial charge on any atom is -0.302 e. The Bertz CT molecular complexity index is 277. The minimum absolute atomic E-state index is 0.240. The number of hydrogen-bond acceptors (Lipinski definition) is 2. The molecule has 0 spiro atoms. The molecule has 1 aliphatic carbocycles. The van der Waals surface area contributed by atoms with Gasteiger partial charge in [0.2, 0.25) is 0 Å². The van der Waals surface area contributed by atoms with E-state index in [2.05, 4.69) is 45.7 Å². The van der Waals surface area contributed by atoms with Gasteiger partial charge in [0.1, 0.15) is 0 Å². The fourth-order valence-electron chi connectivity index (χ4n) is 3.02. The van der Waals surface area contributed by atoms with Gasteiger partial charge in [0.25, 0.3) is 0 Å². The van der Waals surface area contributed by atoms with Gasteiger partial charge in [0.05, 0.1) is 12.0 Å². The second-order valence-corrected chi connectivity index (χ2v) is 6.23. The van der Waals surface area contributed by atoms with Crippen LogP contribution in [0.25, 0.3) is 0 Å². The summed E-state index contributed by atoms with van der Waals surface area (Å²) in [6, 6.07) is 2.98. The van der Waals surface area contributed by atoms with Gasteiger partial charge in [0.15, 0.2) is 0 Å². The van der Waals surface area contributed by atoms with E-state index in [-0.39, 0.29) is 5.92 Å². The smallest absolute Gasteiger partial charge is 0.0672 e. The van der Waals surface area contributed by atoms with Crippen molar-refractivity contribution >= 4 is 0 Å². The Balaban J connectivity index is 2.76. The third-order valence-corrected chi connectivity index (χ3v) is 5.06. The zero-order valence-corrected chi connectivity index (χ0v) is 12.2. The van der Waals surface area contributed by atoms with Crippen LogP contribution in [0.5, 0.6) is 0 Å². The van der Waals surface area contributed by atoms with Crippen LogP contribution in [-0.2, 0) is 0 Å². The molecule has 0 amide bonds. The van der Waals surface area contributed by atoms with Gasteiger partial charge in [-0.3, -0.25) is 0 Å². The molecule has 0 bridgehead atoms. The van der Waals surface area contributed by atoms with E-state index in [9.17, 15) is 5.26 Å². The van der Waals surface area contributed by atoms with Gasteiger partial charge in [-0.2, -0.15) is 5.26 Å². The van der Waals surface area contributed by atoms with E-state index < -0.39 is 0 Å². The van der Waals surface area contributed by atoms with Crippen LogP contribution in [0, 0.1) is 28.6 Å². The van der Waals surface area contributed by atoms with E-state index in [1.54, 1.807) is 0 Å². The fraction of sp³-hybridized carbons (Fsp3) is 0.933. The highest BCUT2D eigenvalue weighted by Gasteiger charge is 2.38. The maximum absolute atomic E-state index is 9.28. The van der Waals surface area contributed by atoms with E-state index in [1.165, 1.54) is 19.3 Å². The molecule has 1 aliphatic rings. The van der Waals surface area contributed by atoms with E-state index in [1.807, 2.05) is 0 Å². The molecular weight excluding hydrogens is 208 g/mol. The molecule has 17 heavy (non-hydrogen) atoms. The van der Waals surface area contributed by atoms with Gasteiger partial charge >= 0.3 is 0 Å². The molecule has 0 heterocycles. The standard InChI is InChI=1S/C15H28N2/c1-6-15(3,4)13-9-8-12(11-16)14(10-13)17(5)7-2/h12-14H,6-10H2,1-5H3. The Kier molecular flexibility index (Phi) is 5.01. The fourth-order valence-corrected chi connectivity index (χ4v) is 3.02. The van der Waals surface area contributed by atoms with Crippen LogP contribution in [0.4, 0.5) is 0 Å². The molecular formula is C15H28N2. The van der Waals surface area contributed by atoms with Crippen LogP contribution in [0.2, 0.25) is 0 Å². The number of hydrogen-bond donors (Lipinski definition) is 0. The highest BCUT2D eigenvalue weighted by Crippen LogP contribution is 2.43. The molecule has 3 unspecified atom stereocenters. The summed E-state index contributed by atoms with van der Waals surface area (Å²) in [6.45, 7) is 10.3. The summed E-state index contributed by atoms with van der Waals surface area (Å²) >= 11 is 0. The van der Waals surface area contributed by atoms with E-state index in [0.29, 0.717) is 11.5 Å². The Morgan fingerprint density at radius 3 is 2.41 bits per heavy atom. The molecule has 98 valence electrons. The van der Waals surface area contributed by atoms with Gasteiger partial charge in [-0.1, -0.05) is 34.1 Å². The second kappa shape index (κ2) is 5.87. The van der Waals surface area contributed by atoms with Crippen molar-refractivity contribution in [2.45, 2.75) is 59.4 Å². The lowest BCUT2D eigenvalue weighted by atomic mass is 9.66. The lowest BCUT2D eigenvalue weighted by molar-refractivity contribution is 0.0670. The Hall–Kier alpha value is -0.550. The molecule has 2 nitrogen and oxygen atoms in total. The third-order valence-electron chi connectivity index (χ3n) is 5.06. The Morgan fingerprint density at radius 2 is 1.94 bits per heavy atom. The number of nitrogens with zero attached hydrogens (tertiary/aromatic N) is 2. The molecule has 0 aromatic heterocycles. The predicted octanol–water partition coefficient (Wildman–Crippen LogP) is 3.68. The van der Waals surface area contributed by atoms with Crippen LogP contribution in [0.3, 0.4) is 0 Å². The lowest BCUT2D eigenvalue weighted by Gasteiger charge is -2.44. The van der Waals surface area contributed by atoms with E-state index in [0.717, 1.165) is 18.9 Å². The van der Waals surface area contributed by atoms with Gasteiger partial charge in [-0.25, -0.2) is 0 Å². The van der Waals surface area contributed by atoms with Crippen molar-refractivity contribution in [2.24, 2.45) is 17.3 Å². The minimum atomic E-state index is 0.240. The van der Waals surface area contributed by atoms with Crippen LogP contribution >= 0.6 is 0 Å². The first-order valence-corrected chi connectivity index (χ1v) is 7.06. The first-order valence-electron chi connectivity index (χ1n) is 7.06. The molecule has 0 aliphatic heterocycles. The molecule has 2 heteroatoms. The zero-order chi connectivity index (χ0) is 13.1. The van der Waals surface area contributed by atoms with Crippen LogP contribution in [-0.4, -0.2) is 24.5 Å². The summed E-state index contributed by atoms with van der Waals surface area (Å²) in [7, 11) is 2.16. The summed E-state index contributed by atoms with van der Waals surface area (Å²) in [5.74, 6) is 1.01. The van der Waals surface area contributed by atoms with Crippen molar-refractivity contribution < 1.29 is 0 Å². The van der Waals surface area contributed by atoms with Gasteiger partial charge in [-0.15, -0.1) is 0 Å². The molecule has 0 saturated heterocycles. The van der Waals surface area contributed by atoms with Crippen molar-refractivity contribution in [3.8, 4) is 6.07 Å². The Morgan fingerprint density at radius 1 is 1.29 bits per heavy atom. The maximum atomic E-state index is 9.28. The van der Waals surface area contributed by atoms with E-state index in [4.69, 9.17) is 0 Å². The van der Waals surface area contributed by atoms with Crippen LogP contribution < -0.4 is 0 Å². The monoisotopic (exact) mass is 236 g/mol. The van der Waals surface area contributed by atoms with Crippen molar-refractivity contribution in [3.05, 3.63) is 0 Å². The predicted molar refractivity (Wildman–Crippen MR) is 72.6 cm³/mol. The first kappa shape index (κ1) is 14.5. The lowest BCUT2D eigenvalue weighted by Crippen LogP contribution is -2.44. The zero-order valence-electron chi connectivity index (χ0n) is 12.2. The van der Waals surface area contributed by atoms with Crippen molar-refractivity contribution in [1.82, 2.24) is 4.90 Å². The largest absolute Gasteiger partial charge is 0.302 e. The normalized spacial score (nSPS) is 30.3. The highest BCUT2D eigenvalue weighted by atomic mass is 15.1. The maximum Gasteiger partial charge on any atom is 0.0672 e. The van der Waals surface area contributed by atoms with Crippen molar-refractivity contribution in [3.63, 3.8) is 0 Å². The highest BCUT2D eigenvalue weighted by molar-refractivity contribution is 4.99. The average molecular weight is 236 g/mol. The van der Waals surface area contributed by atoms with E-state index >= 15 is 0 Å². The quantitative estimate of drug-likeness (QED) is 0.744. The average Bonchev–Trinajstić information content (AvgIpc) is 2.36. The first-order chi connectivity index (χ1) is 7.96. The van der Waals surface area contributed by atoms with Crippen LogP contribution in [0.15, 0.2) is 0 Å². The summed E-state index contributed by atoms with van der Waals surface area (Å²) in [5.41, 5.74) is 0.424. The molecule has 1 fully saturated rings. The molecule has 3 atom stereocenters. The number of rotatable bonds is 4. The second-order valence-electron chi connectivity index (χ2n) is 6.23. The molecule has 0 aromatic rings. The van der Waals surface area contributed by atoms with Gasteiger partial charge < -0.3 is 4.90 Å². The molecule has 1 saturated carbocycles. The summed E-state index contributed by atoms with van der Waals surface area (Å²) < 4.78 is 0.